The molecule has 1 aliphatic carbocycles. The number of hydrogen-bond donors (Lipinski definition) is 1. The molecule has 0 unspecified atom stereocenters. The smallest absolute Gasteiger partial charge is 0.261 e. The quantitative estimate of drug-likeness (QED) is 0.425. The molecule has 0 bridgehead atoms. The van der Waals surface area contributed by atoms with E-state index in [0.29, 0.717) is 17.2 Å². The summed E-state index contributed by atoms with van der Waals surface area (Å²) in [4.78, 5) is 28.2. The Labute approximate surface area is 210 Å². The molecule has 1 aliphatic rings. The highest BCUT2D eigenvalue weighted by Gasteiger charge is 2.31. The highest BCUT2D eigenvalue weighted by molar-refractivity contribution is 9.10. The molecular formula is C26H32BrClN2O3. The number of carbonyl (C=O) groups is 2. The van der Waals surface area contributed by atoms with Gasteiger partial charge in [0.05, 0.1) is 0 Å². The molecule has 0 saturated heterocycles. The third-order valence-corrected chi connectivity index (χ3v) is 7.39. The summed E-state index contributed by atoms with van der Waals surface area (Å²) >= 11 is 9.86. The first kappa shape index (κ1) is 25.6. The summed E-state index contributed by atoms with van der Waals surface area (Å²) in [5.74, 6) is 0.256. The van der Waals surface area contributed by atoms with Gasteiger partial charge in [0, 0.05) is 22.1 Å². The third kappa shape index (κ3) is 7.21. The number of benzene rings is 2. The first-order valence-corrected chi connectivity index (χ1v) is 12.8. The summed E-state index contributed by atoms with van der Waals surface area (Å²) in [6.07, 6.45) is 5.97. The van der Waals surface area contributed by atoms with Gasteiger partial charge in [-0.3, -0.25) is 9.59 Å². The van der Waals surface area contributed by atoms with Crippen LogP contribution < -0.4 is 10.1 Å². The van der Waals surface area contributed by atoms with Crippen molar-refractivity contribution in [3.8, 4) is 5.75 Å². The van der Waals surface area contributed by atoms with Crippen molar-refractivity contribution >= 4 is 39.3 Å². The summed E-state index contributed by atoms with van der Waals surface area (Å²) in [5, 5.41) is 3.75. The number of nitrogens with zero attached hydrogens (tertiary/aromatic N) is 1. The second kappa shape index (κ2) is 12.4. The first-order chi connectivity index (χ1) is 15.9. The minimum atomic E-state index is -0.592. The largest absolute Gasteiger partial charge is 0.484 e. The van der Waals surface area contributed by atoms with Crippen molar-refractivity contribution in [3.63, 3.8) is 0 Å². The molecule has 2 amide bonds. The van der Waals surface area contributed by atoms with Crippen LogP contribution in [0.15, 0.2) is 46.9 Å². The van der Waals surface area contributed by atoms with Crippen molar-refractivity contribution in [2.45, 2.75) is 71.0 Å². The Kier molecular flexibility index (Phi) is 9.63. The molecule has 0 heterocycles. The molecule has 3 rings (SSSR count). The summed E-state index contributed by atoms with van der Waals surface area (Å²) in [5.41, 5.74) is 1.82. The molecule has 0 radical (unpaired) electrons. The number of ether oxygens (including phenoxy) is 1. The fourth-order valence-electron chi connectivity index (χ4n) is 4.21. The second-order valence-electron chi connectivity index (χ2n) is 8.58. The maximum atomic E-state index is 13.3. The fraction of sp³-hybridized carbons (Fsp3) is 0.462. The average molecular weight is 536 g/mol. The zero-order valence-electron chi connectivity index (χ0n) is 19.3. The third-order valence-electron chi connectivity index (χ3n) is 6.13. The van der Waals surface area contributed by atoms with Gasteiger partial charge in [0.15, 0.2) is 6.61 Å². The van der Waals surface area contributed by atoms with E-state index in [0.717, 1.165) is 41.3 Å². The van der Waals surface area contributed by atoms with Crippen LogP contribution in [0.5, 0.6) is 5.75 Å². The standard InChI is InChI=1S/C26H32BrClN2O3/c1-3-24(26(32)29-20-10-5-4-6-11-20)30(16-19-9-7-8-12-23(19)28)25(31)17-33-21-13-14-22(27)18(2)15-21/h7-9,12-15,20,24H,3-6,10-11,16-17H2,1-2H3,(H,29,32)/t24-/m0/s1. The lowest BCUT2D eigenvalue weighted by Crippen LogP contribution is -2.52. The van der Waals surface area contributed by atoms with E-state index in [2.05, 4.69) is 21.2 Å². The minimum Gasteiger partial charge on any atom is -0.484 e. The van der Waals surface area contributed by atoms with E-state index in [1.165, 1.54) is 6.42 Å². The van der Waals surface area contributed by atoms with Crippen molar-refractivity contribution in [2.75, 3.05) is 6.61 Å². The van der Waals surface area contributed by atoms with E-state index in [-0.39, 0.29) is 31.0 Å². The molecular weight excluding hydrogens is 504 g/mol. The average Bonchev–Trinajstić information content (AvgIpc) is 2.81. The van der Waals surface area contributed by atoms with E-state index in [1.54, 1.807) is 11.0 Å². The maximum absolute atomic E-state index is 13.3. The summed E-state index contributed by atoms with van der Waals surface area (Å²) in [6.45, 7) is 3.98. The molecule has 1 atom stereocenters. The zero-order valence-corrected chi connectivity index (χ0v) is 21.6. The SMILES string of the molecule is CC[C@@H](C(=O)NC1CCCCC1)N(Cc1ccccc1Cl)C(=O)COc1ccc(Br)c(C)c1. The number of amides is 2. The van der Waals surface area contributed by atoms with Gasteiger partial charge in [0.25, 0.3) is 5.91 Å². The summed E-state index contributed by atoms with van der Waals surface area (Å²) in [6, 6.07) is 12.6. The first-order valence-electron chi connectivity index (χ1n) is 11.6. The van der Waals surface area contributed by atoms with Gasteiger partial charge >= 0.3 is 0 Å². The summed E-state index contributed by atoms with van der Waals surface area (Å²) < 4.78 is 6.78. The second-order valence-corrected chi connectivity index (χ2v) is 9.84. The lowest BCUT2D eigenvalue weighted by molar-refractivity contribution is -0.143. The number of halogens is 2. The normalized spacial score (nSPS) is 15.0. The zero-order chi connectivity index (χ0) is 23.8. The van der Waals surface area contributed by atoms with Crippen LogP contribution in [0.3, 0.4) is 0 Å². The molecule has 5 nitrogen and oxygen atoms in total. The number of carbonyl (C=O) groups excluding carboxylic acids is 2. The van der Waals surface area contributed by atoms with Crippen LogP contribution in [0.1, 0.15) is 56.6 Å². The van der Waals surface area contributed by atoms with Gasteiger partial charge in [-0.1, -0.05) is 71.9 Å². The van der Waals surface area contributed by atoms with E-state index >= 15 is 0 Å². The van der Waals surface area contributed by atoms with Crippen molar-refractivity contribution in [1.82, 2.24) is 10.2 Å². The molecule has 1 fully saturated rings. The molecule has 2 aromatic carbocycles. The Bertz CT molecular complexity index is 962. The number of nitrogens with one attached hydrogen (secondary N) is 1. The van der Waals surface area contributed by atoms with Crippen molar-refractivity contribution in [2.24, 2.45) is 0 Å². The van der Waals surface area contributed by atoms with Crippen molar-refractivity contribution < 1.29 is 14.3 Å². The molecule has 178 valence electrons. The van der Waals surface area contributed by atoms with Crippen molar-refractivity contribution in [1.29, 1.82) is 0 Å². The molecule has 0 aromatic heterocycles. The highest BCUT2D eigenvalue weighted by Crippen LogP contribution is 2.23. The van der Waals surface area contributed by atoms with Gasteiger partial charge in [0.1, 0.15) is 11.8 Å². The Morgan fingerprint density at radius 1 is 1.18 bits per heavy atom. The van der Waals surface area contributed by atoms with Gasteiger partial charge in [0.2, 0.25) is 5.91 Å². The molecule has 0 aliphatic heterocycles. The number of hydrogen-bond acceptors (Lipinski definition) is 3. The van der Waals surface area contributed by atoms with Gasteiger partial charge in [-0.15, -0.1) is 0 Å². The van der Waals surface area contributed by atoms with E-state index < -0.39 is 6.04 Å². The highest BCUT2D eigenvalue weighted by atomic mass is 79.9. The molecule has 1 N–H and O–H groups in total. The Hall–Kier alpha value is -2.05. The van der Waals surface area contributed by atoms with Crippen LogP contribution >= 0.6 is 27.5 Å². The van der Waals surface area contributed by atoms with E-state index in [9.17, 15) is 9.59 Å². The van der Waals surface area contributed by atoms with Gasteiger partial charge in [-0.2, -0.15) is 0 Å². The van der Waals surface area contributed by atoms with Crippen LogP contribution in [0.25, 0.3) is 0 Å². The maximum Gasteiger partial charge on any atom is 0.261 e. The van der Waals surface area contributed by atoms with Gasteiger partial charge in [-0.05, 0) is 61.6 Å². The molecule has 1 saturated carbocycles. The monoisotopic (exact) mass is 534 g/mol. The number of rotatable bonds is 9. The molecule has 2 aromatic rings. The van der Waals surface area contributed by atoms with Crippen LogP contribution in [-0.2, 0) is 16.1 Å². The van der Waals surface area contributed by atoms with Crippen LogP contribution in [0, 0.1) is 6.92 Å². The topological polar surface area (TPSA) is 58.6 Å². The van der Waals surface area contributed by atoms with Crippen molar-refractivity contribution in [3.05, 3.63) is 63.1 Å². The summed E-state index contributed by atoms with van der Waals surface area (Å²) in [7, 11) is 0. The van der Waals surface area contributed by atoms with Crippen LogP contribution in [-0.4, -0.2) is 35.4 Å². The predicted molar refractivity (Wildman–Crippen MR) is 135 cm³/mol. The van der Waals surface area contributed by atoms with E-state index in [4.69, 9.17) is 16.3 Å². The molecule has 33 heavy (non-hydrogen) atoms. The molecule has 0 spiro atoms. The lowest BCUT2D eigenvalue weighted by Gasteiger charge is -2.33. The molecule has 7 heteroatoms. The van der Waals surface area contributed by atoms with Crippen LogP contribution in [0.2, 0.25) is 5.02 Å². The fourth-order valence-corrected chi connectivity index (χ4v) is 4.65. The van der Waals surface area contributed by atoms with Gasteiger partial charge < -0.3 is 15.0 Å². The van der Waals surface area contributed by atoms with Crippen LogP contribution in [0.4, 0.5) is 0 Å². The lowest BCUT2D eigenvalue weighted by atomic mass is 9.95. The minimum absolute atomic E-state index is 0.107. The Morgan fingerprint density at radius 2 is 1.91 bits per heavy atom. The Morgan fingerprint density at radius 3 is 2.58 bits per heavy atom. The Balaban J connectivity index is 1.77. The van der Waals surface area contributed by atoms with E-state index in [1.807, 2.05) is 50.2 Å². The van der Waals surface area contributed by atoms with Gasteiger partial charge in [-0.25, -0.2) is 0 Å². The predicted octanol–water partition coefficient (Wildman–Crippen LogP) is 6.05. The number of aryl methyl sites for hydroxylation is 1.